The van der Waals surface area contributed by atoms with Gasteiger partial charge in [0.05, 0.1) is 24.1 Å². The van der Waals surface area contributed by atoms with E-state index in [2.05, 4.69) is 10.00 Å². The van der Waals surface area contributed by atoms with Gasteiger partial charge < -0.3 is 9.84 Å². The highest BCUT2D eigenvalue weighted by molar-refractivity contribution is 5.31. The zero-order chi connectivity index (χ0) is 15.5. The average molecular weight is 305 g/mol. The lowest BCUT2D eigenvalue weighted by Crippen LogP contribution is -2.26. The van der Waals surface area contributed by atoms with E-state index in [0.29, 0.717) is 31.9 Å². The highest BCUT2D eigenvalue weighted by atomic mass is 19.1. The molecule has 1 saturated heterocycles. The standard InChI is InChI=1S/C16H20FN3O2/c1-2-22-16-11-19(10-15(16)21)8-12-7-18-20(9-12)14-5-3-4-13(17)6-14/h3-7,9,15-16,21H,2,8,10-11H2,1H3/t15-,16-/m1/s1. The van der Waals surface area contributed by atoms with Gasteiger partial charge in [-0.1, -0.05) is 6.07 Å². The summed E-state index contributed by atoms with van der Waals surface area (Å²) in [7, 11) is 0. The van der Waals surface area contributed by atoms with Crippen LogP contribution >= 0.6 is 0 Å². The molecule has 0 aliphatic carbocycles. The van der Waals surface area contributed by atoms with Crippen molar-refractivity contribution in [3.63, 3.8) is 0 Å². The molecule has 6 heteroatoms. The largest absolute Gasteiger partial charge is 0.389 e. The Balaban J connectivity index is 1.65. The molecular weight excluding hydrogens is 285 g/mol. The summed E-state index contributed by atoms with van der Waals surface area (Å²) in [5.74, 6) is -0.281. The van der Waals surface area contributed by atoms with E-state index in [1.807, 2.05) is 19.2 Å². The van der Waals surface area contributed by atoms with Crippen LogP contribution in [0.25, 0.3) is 5.69 Å². The molecule has 2 atom stereocenters. The Bertz CT molecular complexity index is 631. The fourth-order valence-corrected chi connectivity index (χ4v) is 2.80. The molecule has 1 aliphatic heterocycles. The molecular formula is C16H20FN3O2. The van der Waals surface area contributed by atoms with Gasteiger partial charge in [0, 0.05) is 38.0 Å². The Kier molecular flexibility index (Phi) is 4.52. The average Bonchev–Trinajstić information content (AvgIpc) is 3.07. The van der Waals surface area contributed by atoms with Crippen LogP contribution in [0.1, 0.15) is 12.5 Å². The van der Waals surface area contributed by atoms with Crippen molar-refractivity contribution in [2.45, 2.75) is 25.7 Å². The molecule has 0 radical (unpaired) electrons. The molecule has 2 aromatic rings. The summed E-state index contributed by atoms with van der Waals surface area (Å²) in [4.78, 5) is 2.14. The van der Waals surface area contributed by atoms with E-state index in [1.54, 1.807) is 16.9 Å². The molecule has 1 aromatic heterocycles. The Hall–Kier alpha value is -1.76. The van der Waals surface area contributed by atoms with Gasteiger partial charge in [0.25, 0.3) is 0 Å². The second-order valence-corrected chi connectivity index (χ2v) is 5.53. The molecule has 0 spiro atoms. The zero-order valence-electron chi connectivity index (χ0n) is 12.5. The number of hydrogen-bond donors (Lipinski definition) is 1. The van der Waals surface area contributed by atoms with Crippen molar-refractivity contribution in [2.75, 3.05) is 19.7 Å². The van der Waals surface area contributed by atoms with Crippen LogP contribution in [0.4, 0.5) is 4.39 Å². The molecule has 1 N–H and O–H groups in total. The molecule has 3 rings (SSSR count). The number of nitrogens with zero attached hydrogens (tertiary/aromatic N) is 3. The molecule has 2 heterocycles. The highest BCUT2D eigenvalue weighted by Crippen LogP contribution is 2.17. The highest BCUT2D eigenvalue weighted by Gasteiger charge is 2.31. The fourth-order valence-electron chi connectivity index (χ4n) is 2.80. The molecule has 1 aliphatic rings. The van der Waals surface area contributed by atoms with Crippen molar-refractivity contribution >= 4 is 0 Å². The van der Waals surface area contributed by atoms with Crippen molar-refractivity contribution in [3.8, 4) is 5.69 Å². The summed E-state index contributed by atoms with van der Waals surface area (Å²) in [6, 6.07) is 6.33. The van der Waals surface area contributed by atoms with Crippen LogP contribution in [0.5, 0.6) is 0 Å². The minimum atomic E-state index is -0.446. The summed E-state index contributed by atoms with van der Waals surface area (Å²) in [6.07, 6.45) is 3.09. The van der Waals surface area contributed by atoms with Gasteiger partial charge in [0.15, 0.2) is 0 Å². The first-order chi connectivity index (χ1) is 10.7. The topological polar surface area (TPSA) is 50.5 Å². The van der Waals surface area contributed by atoms with E-state index in [0.717, 1.165) is 5.56 Å². The molecule has 0 amide bonds. The fraction of sp³-hybridized carbons (Fsp3) is 0.438. The van der Waals surface area contributed by atoms with E-state index in [1.165, 1.54) is 12.1 Å². The summed E-state index contributed by atoms with van der Waals surface area (Å²) in [5, 5.41) is 14.2. The van der Waals surface area contributed by atoms with Gasteiger partial charge in [-0.3, -0.25) is 4.90 Å². The minimum absolute atomic E-state index is 0.122. The van der Waals surface area contributed by atoms with Crippen LogP contribution in [-0.4, -0.2) is 51.7 Å². The van der Waals surface area contributed by atoms with E-state index in [4.69, 9.17) is 4.74 Å². The lowest BCUT2D eigenvalue weighted by Gasteiger charge is -2.14. The van der Waals surface area contributed by atoms with Gasteiger partial charge in [-0.05, 0) is 25.1 Å². The maximum absolute atomic E-state index is 13.3. The van der Waals surface area contributed by atoms with Crippen LogP contribution < -0.4 is 0 Å². The molecule has 22 heavy (non-hydrogen) atoms. The van der Waals surface area contributed by atoms with Gasteiger partial charge >= 0.3 is 0 Å². The number of rotatable bonds is 5. The molecule has 118 valence electrons. The Morgan fingerprint density at radius 3 is 3.05 bits per heavy atom. The first-order valence-corrected chi connectivity index (χ1v) is 7.47. The third-order valence-corrected chi connectivity index (χ3v) is 3.81. The molecule has 0 saturated carbocycles. The van der Waals surface area contributed by atoms with Crippen molar-refractivity contribution in [2.24, 2.45) is 0 Å². The third kappa shape index (κ3) is 3.35. The maximum atomic E-state index is 13.3. The second kappa shape index (κ2) is 6.56. The number of benzene rings is 1. The van der Waals surface area contributed by atoms with Gasteiger partial charge in [-0.25, -0.2) is 9.07 Å². The molecule has 5 nitrogen and oxygen atoms in total. The molecule has 1 fully saturated rings. The molecule has 0 unspecified atom stereocenters. The van der Waals surface area contributed by atoms with Crippen LogP contribution in [0, 0.1) is 5.82 Å². The first-order valence-electron chi connectivity index (χ1n) is 7.47. The maximum Gasteiger partial charge on any atom is 0.125 e. The van der Waals surface area contributed by atoms with Crippen LogP contribution in [0.15, 0.2) is 36.7 Å². The Morgan fingerprint density at radius 2 is 2.27 bits per heavy atom. The van der Waals surface area contributed by atoms with Crippen LogP contribution in [-0.2, 0) is 11.3 Å². The van der Waals surface area contributed by atoms with Crippen molar-refractivity contribution in [3.05, 3.63) is 48.0 Å². The lowest BCUT2D eigenvalue weighted by atomic mass is 10.3. The first kappa shape index (κ1) is 15.1. The number of aliphatic hydroxyl groups is 1. The van der Waals surface area contributed by atoms with Gasteiger partial charge in [0.2, 0.25) is 0 Å². The predicted octanol–water partition coefficient (Wildman–Crippen LogP) is 1.59. The Morgan fingerprint density at radius 1 is 1.41 bits per heavy atom. The number of likely N-dealkylation sites (tertiary alicyclic amines) is 1. The van der Waals surface area contributed by atoms with E-state index in [9.17, 15) is 9.50 Å². The van der Waals surface area contributed by atoms with E-state index >= 15 is 0 Å². The summed E-state index contributed by atoms with van der Waals surface area (Å²) in [6.45, 7) is 4.53. The summed E-state index contributed by atoms with van der Waals surface area (Å²) >= 11 is 0. The third-order valence-electron chi connectivity index (χ3n) is 3.81. The van der Waals surface area contributed by atoms with Crippen molar-refractivity contribution in [1.82, 2.24) is 14.7 Å². The van der Waals surface area contributed by atoms with Gasteiger partial charge in [0.1, 0.15) is 5.82 Å². The number of aromatic nitrogens is 2. The Labute approximate surface area is 128 Å². The SMILES string of the molecule is CCO[C@@H]1CN(Cc2cnn(-c3cccc(F)c3)c2)C[C@H]1O. The lowest BCUT2D eigenvalue weighted by molar-refractivity contribution is -0.00245. The monoisotopic (exact) mass is 305 g/mol. The van der Waals surface area contributed by atoms with Crippen molar-refractivity contribution < 1.29 is 14.2 Å². The number of β-amino-alcohol motifs (C(OH)–C–C–N with tert-alkyl or cyclic N) is 1. The molecule has 1 aromatic carbocycles. The molecule has 0 bridgehead atoms. The number of halogens is 1. The van der Waals surface area contributed by atoms with Crippen LogP contribution in [0.2, 0.25) is 0 Å². The van der Waals surface area contributed by atoms with Gasteiger partial charge in [-0.2, -0.15) is 5.10 Å². The second-order valence-electron chi connectivity index (χ2n) is 5.53. The normalized spacial score (nSPS) is 22.3. The summed E-state index contributed by atoms with van der Waals surface area (Å²) < 4.78 is 20.4. The number of hydrogen-bond acceptors (Lipinski definition) is 4. The predicted molar refractivity (Wildman–Crippen MR) is 80.2 cm³/mol. The van der Waals surface area contributed by atoms with E-state index < -0.39 is 6.10 Å². The van der Waals surface area contributed by atoms with Crippen LogP contribution in [0.3, 0.4) is 0 Å². The van der Waals surface area contributed by atoms with Gasteiger partial charge in [-0.15, -0.1) is 0 Å². The van der Waals surface area contributed by atoms with E-state index in [-0.39, 0.29) is 11.9 Å². The quantitative estimate of drug-likeness (QED) is 0.911. The number of ether oxygens (including phenoxy) is 1. The number of aliphatic hydroxyl groups excluding tert-OH is 1. The zero-order valence-corrected chi connectivity index (χ0v) is 12.5. The van der Waals surface area contributed by atoms with Crippen molar-refractivity contribution in [1.29, 1.82) is 0 Å². The summed E-state index contributed by atoms with van der Waals surface area (Å²) in [5.41, 5.74) is 1.72. The smallest absolute Gasteiger partial charge is 0.125 e. The minimum Gasteiger partial charge on any atom is -0.389 e.